The van der Waals surface area contributed by atoms with Crippen LogP contribution in [-0.4, -0.2) is 15.9 Å². The summed E-state index contributed by atoms with van der Waals surface area (Å²) in [5, 5.41) is 7.15. The molecule has 0 aliphatic heterocycles. The van der Waals surface area contributed by atoms with Crippen LogP contribution in [0.5, 0.6) is 0 Å². The van der Waals surface area contributed by atoms with Crippen LogP contribution in [-0.2, 0) is 17.8 Å². The quantitative estimate of drug-likeness (QED) is 0.711. The van der Waals surface area contributed by atoms with Gasteiger partial charge < -0.3 is 4.74 Å². The van der Waals surface area contributed by atoms with Crippen LogP contribution in [0.1, 0.15) is 23.7 Å². The van der Waals surface area contributed by atoms with Gasteiger partial charge in [0, 0.05) is 12.4 Å². The number of hydrogen-bond donors (Lipinski definition) is 1. The second kappa shape index (κ2) is 8.68. The van der Waals surface area contributed by atoms with Gasteiger partial charge in [-0.15, -0.1) is 0 Å². The fourth-order valence-electron chi connectivity index (χ4n) is 2.58. The SMILES string of the molecule is O=C(NC(CCc1ccccc1)n1cccn1)OCc1ccccc1. The Labute approximate surface area is 147 Å². The molecule has 0 aliphatic rings. The van der Waals surface area contributed by atoms with Crippen molar-refractivity contribution in [2.24, 2.45) is 0 Å². The highest BCUT2D eigenvalue weighted by Gasteiger charge is 2.15. The van der Waals surface area contributed by atoms with Crippen LogP contribution in [0.3, 0.4) is 0 Å². The summed E-state index contributed by atoms with van der Waals surface area (Å²) in [7, 11) is 0. The molecule has 0 fully saturated rings. The van der Waals surface area contributed by atoms with E-state index < -0.39 is 6.09 Å². The molecule has 1 amide bonds. The van der Waals surface area contributed by atoms with Crippen LogP contribution in [0.25, 0.3) is 0 Å². The Morgan fingerprint density at radius 2 is 1.68 bits per heavy atom. The van der Waals surface area contributed by atoms with E-state index in [1.165, 1.54) is 5.56 Å². The third kappa shape index (κ3) is 5.21. The highest BCUT2D eigenvalue weighted by Crippen LogP contribution is 2.13. The highest BCUT2D eigenvalue weighted by molar-refractivity contribution is 5.67. The fourth-order valence-corrected chi connectivity index (χ4v) is 2.58. The number of benzene rings is 2. The molecule has 1 aromatic heterocycles. The second-order valence-electron chi connectivity index (χ2n) is 5.73. The summed E-state index contributed by atoms with van der Waals surface area (Å²) in [5.41, 5.74) is 2.18. The van der Waals surface area contributed by atoms with E-state index in [-0.39, 0.29) is 12.8 Å². The van der Waals surface area contributed by atoms with Crippen LogP contribution in [0, 0.1) is 0 Å². The van der Waals surface area contributed by atoms with Gasteiger partial charge in [-0.05, 0) is 30.0 Å². The molecule has 3 rings (SSSR count). The summed E-state index contributed by atoms with van der Waals surface area (Å²) in [4.78, 5) is 12.2. The largest absolute Gasteiger partial charge is 0.445 e. The number of nitrogens with one attached hydrogen (secondary N) is 1. The lowest BCUT2D eigenvalue weighted by molar-refractivity contribution is 0.129. The Morgan fingerprint density at radius 3 is 2.32 bits per heavy atom. The third-order valence-electron chi connectivity index (χ3n) is 3.89. The number of aromatic nitrogens is 2. The second-order valence-corrected chi connectivity index (χ2v) is 5.73. The predicted octanol–water partition coefficient (Wildman–Crippen LogP) is 3.94. The number of hydrogen-bond acceptors (Lipinski definition) is 3. The molecule has 1 atom stereocenters. The number of ether oxygens (including phenoxy) is 1. The maximum Gasteiger partial charge on any atom is 0.409 e. The van der Waals surface area contributed by atoms with Gasteiger partial charge in [0.2, 0.25) is 0 Å². The summed E-state index contributed by atoms with van der Waals surface area (Å²) in [6, 6.07) is 21.6. The van der Waals surface area contributed by atoms with E-state index in [1.807, 2.05) is 60.8 Å². The monoisotopic (exact) mass is 335 g/mol. The molecule has 128 valence electrons. The average Bonchev–Trinajstić information content (AvgIpc) is 3.20. The Bertz CT molecular complexity index is 758. The van der Waals surface area contributed by atoms with E-state index in [1.54, 1.807) is 10.9 Å². The van der Waals surface area contributed by atoms with E-state index in [4.69, 9.17) is 4.74 Å². The van der Waals surface area contributed by atoms with E-state index in [0.717, 1.165) is 18.4 Å². The molecule has 0 radical (unpaired) electrons. The Balaban J connectivity index is 1.57. The Kier molecular flexibility index (Phi) is 5.82. The molecule has 1 unspecified atom stereocenters. The number of aryl methyl sites for hydroxylation is 1. The number of alkyl carbamates (subject to hydrolysis) is 1. The van der Waals surface area contributed by atoms with E-state index >= 15 is 0 Å². The number of carbonyl (C=O) groups excluding carboxylic acids is 1. The third-order valence-corrected chi connectivity index (χ3v) is 3.89. The maximum atomic E-state index is 12.2. The van der Waals surface area contributed by atoms with E-state index in [0.29, 0.717) is 0 Å². The smallest absolute Gasteiger partial charge is 0.409 e. The lowest BCUT2D eigenvalue weighted by Gasteiger charge is -2.19. The highest BCUT2D eigenvalue weighted by atomic mass is 16.5. The molecular formula is C20H21N3O2. The molecule has 0 bridgehead atoms. The van der Waals surface area contributed by atoms with Crippen molar-refractivity contribution in [2.75, 3.05) is 0 Å². The average molecular weight is 335 g/mol. The van der Waals surface area contributed by atoms with Crippen molar-refractivity contribution in [3.05, 3.63) is 90.3 Å². The zero-order chi connectivity index (χ0) is 17.3. The molecule has 0 spiro atoms. The molecule has 5 heteroatoms. The van der Waals surface area contributed by atoms with Gasteiger partial charge >= 0.3 is 6.09 Å². The van der Waals surface area contributed by atoms with Crippen LogP contribution < -0.4 is 5.32 Å². The summed E-state index contributed by atoms with van der Waals surface area (Å²) in [6.07, 6.45) is 4.41. The van der Waals surface area contributed by atoms with E-state index in [2.05, 4.69) is 22.5 Å². The minimum absolute atomic E-state index is 0.247. The molecule has 3 aromatic rings. The van der Waals surface area contributed by atoms with Crippen molar-refractivity contribution in [2.45, 2.75) is 25.6 Å². The molecule has 25 heavy (non-hydrogen) atoms. The van der Waals surface area contributed by atoms with Crippen molar-refractivity contribution in [1.29, 1.82) is 0 Å². The zero-order valence-electron chi connectivity index (χ0n) is 13.9. The van der Waals surface area contributed by atoms with Crippen molar-refractivity contribution >= 4 is 6.09 Å². The minimum atomic E-state index is -0.447. The molecular weight excluding hydrogens is 314 g/mol. The van der Waals surface area contributed by atoms with Crippen LogP contribution >= 0.6 is 0 Å². The van der Waals surface area contributed by atoms with Crippen molar-refractivity contribution in [3.63, 3.8) is 0 Å². The number of rotatable bonds is 7. The fraction of sp³-hybridized carbons (Fsp3) is 0.200. The van der Waals surface area contributed by atoms with Gasteiger partial charge in [0.15, 0.2) is 0 Å². The molecule has 0 saturated heterocycles. The summed E-state index contributed by atoms with van der Waals surface area (Å²) in [5.74, 6) is 0. The molecule has 2 aromatic carbocycles. The number of carbonyl (C=O) groups is 1. The molecule has 1 N–H and O–H groups in total. The number of nitrogens with zero attached hydrogens (tertiary/aromatic N) is 2. The first-order chi connectivity index (χ1) is 12.3. The molecule has 1 heterocycles. The summed E-state index contributed by atoms with van der Waals surface area (Å²) in [6.45, 7) is 0.247. The van der Waals surface area contributed by atoms with Gasteiger partial charge in [-0.25, -0.2) is 9.48 Å². The van der Waals surface area contributed by atoms with Crippen LogP contribution in [0.2, 0.25) is 0 Å². The van der Waals surface area contributed by atoms with Crippen molar-refractivity contribution in [1.82, 2.24) is 15.1 Å². The predicted molar refractivity (Wildman–Crippen MR) is 95.8 cm³/mol. The first-order valence-electron chi connectivity index (χ1n) is 8.31. The standard InChI is InChI=1S/C20H21N3O2/c24-20(25-16-18-10-5-2-6-11-18)22-19(23-15-7-14-21-23)13-12-17-8-3-1-4-9-17/h1-11,14-15,19H,12-13,16H2,(H,22,24). The van der Waals surface area contributed by atoms with Gasteiger partial charge in [-0.2, -0.15) is 5.10 Å². The molecule has 5 nitrogen and oxygen atoms in total. The zero-order valence-corrected chi connectivity index (χ0v) is 13.9. The lowest BCUT2D eigenvalue weighted by atomic mass is 10.1. The normalized spacial score (nSPS) is 11.7. The van der Waals surface area contributed by atoms with Crippen molar-refractivity contribution in [3.8, 4) is 0 Å². The van der Waals surface area contributed by atoms with Crippen LogP contribution in [0.4, 0.5) is 4.79 Å². The number of amides is 1. The van der Waals surface area contributed by atoms with Gasteiger partial charge in [-0.1, -0.05) is 60.7 Å². The van der Waals surface area contributed by atoms with Gasteiger partial charge in [0.1, 0.15) is 12.8 Å². The minimum Gasteiger partial charge on any atom is -0.445 e. The van der Waals surface area contributed by atoms with Gasteiger partial charge in [0.25, 0.3) is 0 Å². The summed E-state index contributed by atoms with van der Waals surface area (Å²) >= 11 is 0. The maximum absolute atomic E-state index is 12.2. The Hall–Kier alpha value is -3.08. The summed E-state index contributed by atoms with van der Waals surface area (Å²) < 4.78 is 7.06. The lowest BCUT2D eigenvalue weighted by Crippen LogP contribution is -2.33. The van der Waals surface area contributed by atoms with E-state index in [9.17, 15) is 4.79 Å². The first-order valence-corrected chi connectivity index (χ1v) is 8.31. The molecule has 0 saturated carbocycles. The van der Waals surface area contributed by atoms with Gasteiger partial charge in [0.05, 0.1) is 0 Å². The Morgan fingerprint density at radius 1 is 1.00 bits per heavy atom. The van der Waals surface area contributed by atoms with Crippen molar-refractivity contribution < 1.29 is 9.53 Å². The molecule has 0 aliphatic carbocycles. The van der Waals surface area contributed by atoms with Crippen LogP contribution in [0.15, 0.2) is 79.1 Å². The van der Waals surface area contributed by atoms with Gasteiger partial charge in [-0.3, -0.25) is 5.32 Å². The topological polar surface area (TPSA) is 56.2 Å². The first kappa shape index (κ1) is 16.8.